The highest BCUT2D eigenvalue weighted by molar-refractivity contribution is 5.35. The molecule has 0 bridgehead atoms. The molecule has 0 saturated carbocycles. The maximum atomic E-state index is 13.0. The minimum Gasteiger partial charge on any atom is -0.490 e. The fourth-order valence-corrected chi connectivity index (χ4v) is 2.44. The number of alkyl halides is 2. The Bertz CT molecular complexity index is 432. The Hall–Kier alpha value is -1.20. The van der Waals surface area contributed by atoms with Crippen LogP contribution >= 0.6 is 0 Å². The third kappa shape index (κ3) is 4.42. The summed E-state index contributed by atoms with van der Waals surface area (Å²) in [7, 11) is 3.84. The second-order valence-corrected chi connectivity index (χ2v) is 5.52. The van der Waals surface area contributed by atoms with E-state index in [1.807, 2.05) is 25.1 Å². The maximum Gasteiger partial charge on any atom is 0.263 e. The van der Waals surface area contributed by atoms with Gasteiger partial charge in [-0.05, 0) is 63.8 Å². The number of nitrogens with zero attached hydrogens (tertiary/aromatic N) is 1. The van der Waals surface area contributed by atoms with Crippen molar-refractivity contribution in [2.45, 2.75) is 31.9 Å². The van der Waals surface area contributed by atoms with Crippen molar-refractivity contribution < 1.29 is 13.5 Å². The second-order valence-electron chi connectivity index (χ2n) is 5.52. The van der Waals surface area contributed by atoms with Crippen molar-refractivity contribution in [3.05, 3.63) is 29.3 Å². The van der Waals surface area contributed by atoms with Crippen LogP contribution in [0.25, 0.3) is 0 Å². The highest BCUT2D eigenvalue weighted by Gasteiger charge is 2.17. The molecular weight excluding hydrogens is 262 g/mol. The molecule has 3 nitrogen and oxygen atoms in total. The summed E-state index contributed by atoms with van der Waals surface area (Å²) in [5.74, 6) is 0.562. The van der Waals surface area contributed by atoms with Crippen LogP contribution < -0.4 is 10.1 Å². The average molecular weight is 284 g/mol. The molecule has 1 aliphatic rings. The molecule has 1 aromatic carbocycles. The Kier molecular flexibility index (Phi) is 5.31. The van der Waals surface area contributed by atoms with Gasteiger partial charge in [-0.25, -0.2) is 8.78 Å². The normalized spacial score (nSPS) is 16.9. The third-order valence-electron chi connectivity index (χ3n) is 3.33. The molecule has 20 heavy (non-hydrogen) atoms. The molecule has 0 radical (unpaired) electrons. The fraction of sp³-hybridized carbons (Fsp3) is 0.600. The molecule has 112 valence electrons. The van der Waals surface area contributed by atoms with Crippen molar-refractivity contribution in [3.63, 3.8) is 0 Å². The molecule has 0 aliphatic carbocycles. The van der Waals surface area contributed by atoms with Crippen molar-refractivity contribution in [1.29, 1.82) is 0 Å². The number of nitrogens with one attached hydrogen (secondary N) is 1. The molecule has 1 saturated heterocycles. The summed E-state index contributed by atoms with van der Waals surface area (Å²) in [6.45, 7) is 2.47. The molecule has 1 heterocycles. The second kappa shape index (κ2) is 6.99. The zero-order valence-corrected chi connectivity index (χ0v) is 12.0. The maximum absolute atomic E-state index is 13.0. The Balaban J connectivity index is 2.14. The van der Waals surface area contributed by atoms with Crippen molar-refractivity contribution in [1.82, 2.24) is 10.2 Å². The van der Waals surface area contributed by atoms with Gasteiger partial charge in [0.25, 0.3) is 6.43 Å². The number of piperidine rings is 1. The first-order valence-electron chi connectivity index (χ1n) is 6.98. The van der Waals surface area contributed by atoms with Gasteiger partial charge in [-0.15, -0.1) is 0 Å². The molecule has 0 atom stereocenters. The van der Waals surface area contributed by atoms with Crippen LogP contribution in [0.1, 0.15) is 30.4 Å². The number of hydrogen-bond acceptors (Lipinski definition) is 3. The van der Waals surface area contributed by atoms with E-state index < -0.39 is 6.43 Å². The van der Waals surface area contributed by atoms with E-state index in [1.165, 1.54) is 6.07 Å². The lowest BCUT2D eigenvalue weighted by molar-refractivity contribution is 0.146. The van der Waals surface area contributed by atoms with Crippen molar-refractivity contribution >= 4 is 0 Å². The van der Waals surface area contributed by atoms with Crippen molar-refractivity contribution in [2.24, 2.45) is 0 Å². The highest BCUT2D eigenvalue weighted by Crippen LogP contribution is 2.27. The van der Waals surface area contributed by atoms with E-state index in [0.29, 0.717) is 12.3 Å². The van der Waals surface area contributed by atoms with Gasteiger partial charge in [0.05, 0.1) is 0 Å². The van der Waals surface area contributed by atoms with E-state index >= 15 is 0 Å². The van der Waals surface area contributed by atoms with Crippen LogP contribution in [0.5, 0.6) is 5.75 Å². The van der Waals surface area contributed by atoms with Crippen molar-refractivity contribution in [2.75, 3.05) is 27.2 Å². The summed E-state index contributed by atoms with van der Waals surface area (Å²) in [6.07, 6.45) is -0.507. The number of rotatable bonds is 5. The smallest absolute Gasteiger partial charge is 0.263 e. The first-order chi connectivity index (χ1) is 9.54. The summed E-state index contributed by atoms with van der Waals surface area (Å²) in [5.41, 5.74) is 0.894. The van der Waals surface area contributed by atoms with Gasteiger partial charge >= 0.3 is 0 Å². The Morgan fingerprint density at radius 2 is 1.95 bits per heavy atom. The van der Waals surface area contributed by atoms with Gasteiger partial charge in [0.1, 0.15) is 11.9 Å². The van der Waals surface area contributed by atoms with E-state index in [2.05, 4.69) is 5.32 Å². The van der Waals surface area contributed by atoms with Crippen LogP contribution in [-0.2, 0) is 6.54 Å². The quantitative estimate of drug-likeness (QED) is 0.900. The summed E-state index contributed by atoms with van der Waals surface area (Å²) in [5, 5.41) is 3.26. The predicted molar refractivity (Wildman–Crippen MR) is 75.3 cm³/mol. The lowest BCUT2D eigenvalue weighted by Crippen LogP contribution is -2.34. The van der Waals surface area contributed by atoms with Gasteiger partial charge in [-0.2, -0.15) is 0 Å². The molecular formula is C15H22F2N2O. The van der Waals surface area contributed by atoms with Gasteiger partial charge in [-0.3, -0.25) is 0 Å². The molecule has 0 unspecified atom stereocenters. The number of hydrogen-bond donors (Lipinski definition) is 1. The summed E-state index contributed by atoms with van der Waals surface area (Å²) >= 11 is 0. The monoisotopic (exact) mass is 284 g/mol. The highest BCUT2D eigenvalue weighted by atomic mass is 19.3. The Morgan fingerprint density at radius 1 is 1.25 bits per heavy atom. The lowest BCUT2D eigenvalue weighted by Gasteiger charge is -2.24. The third-order valence-corrected chi connectivity index (χ3v) is 3.33. The predicted octanol–water partition coefficient (Wildman–Crippen LogP) is 2.82. The van der Waals surface area contributed by atoms with Gasteiger partial charge < -0.3 is 15.0 Å². The van der Waals surface area contributed by atoms with Gasteiger partial charge in [-0.1, -0.05) is 0 Å². The minimum atomic E-state index is -2.47. The zero-order valence-electron chi connectivity index (χ0n) is 12.0. The van der Waals surface area contributed by atoms with Crippen LogP contribution in [0.15, 0.2) is 18.2 Å². The minimum absolute atomic E-state index is 0.0354. The molecule has 2 rings (SSSR count). The van der Waals surface area contributed by atoms with Crippen LogP contribution in [0.2, 0.25) is 0 Å². The topological polar surface area (TPSA) is 24.5 Å². The molecule has 1 aliphatic heterocycles. The number of halogens is 2. The molecule has 5 heteroatoms. The Labute approximate surface area is 118 Å². The molecule has 1 N–H and O–H groups in total. The van der Waals surface area contributed by atoms with E-state index in [-0.39, 0.29) is 11.7 Å². The van der Waals surface area contributed by atoms with Crippen LogP contribution in [0.3, 0.4) is 0 Å². The standard InChI is InChI=1S/C15H22F2N2O/c1-19(2)10-11-7-12(15(16)17)9-14(8-11)20-13-3-5-18-6-4-13/h7-9,13,15,18H,3-6,10H2,1-2H3. The molecule has 1 fully saturated rings. The van der Waals surface area contributed by atoms with E-state index in [4.69, 9.17) is 4.74 Å². The summed E-state index contributed by atoms with van der Waals surface area (Å²) in [4.78, 5) is 1.96. The van der Waals surface area contributed by atoms with E-state index in [1.54, 1.807) is 6.07 Å². The van der Waals surface area contributed by atoms with Gasteiger partial charge in [0.2, 0.25) is 0 Å². The fourth-order valence-electron chi connectivity index (χ4n) is 2.44. The van der Waals surface area contributed by atoms with Crippen LogP contribution in [0, 0.1) is 0 Å². The Morgan fingerprint density at radius 3 is 2.55 bits per heavy atom. The van der Waals surface area contributed by atoms with Gasteiger partial charge in [0, 0.05) is 12.1 Å². The number of benzene rings is 1. The molecule has 0 aromatic heterocycles. The van der Waals surface area contributed by atoms with E-state index in [9.17, 15) is 8.78 Å². The van der Waals surface area contributed by atoms with E-state index in [0.717, 1.165) is 31.5 Å². The number of ether oxygens (including phenoxy) is 1. The van der Waals surface area contributed by atoms with Crippen LogP contribution in [0.4, 0.5) is 8.78 Å². The average Bonchev–Trinajstić information content (AvgIpc) is 2.38. The lowest BCUT2D eigenvalue weighted by atomic mass is 10.1. The first-order valence-corrected chi connectivity index (χ1v) is 6.98. The first kappa shape index (κ1) is 15.2. The molecule has 0 amide bonds. The summed E-state index contributed by atoms with van der Waals surface area (Å²) in [6, 6.07) is 4.89. The zero-order chi connectivity index (χ0) is 14.5. The van der Waals surface area contributed by atoms with Crippen molar-refractivity contribution in [3.8, 4) is 5.75 Å². The largest absolute Gasteiger partial charge is 0.490 e. The molecule has 0 spiro atoms. The van der Waals surface area contributed by atoms with Gasteiger partial charge in [0.15, 0.2) is 0 Å². The van der Waals surface area contributed by atoms with Crippen LogP contribution in [-0.4, -0.2) is 38.2 Å². The molecule has 1 aromatic rings. The SMILES string of the molecule is CN(C)Cc1cc(OC2CCNCC2)cc(C(F)F)c1. The summed E-state index contributed by atoms with van der Waals surface area (Å²) < 4.78 is 31.8.